The second-order valence-corrected chi connectivity index (χ2v) is 6.72. The van der Waals surface area contributed by atoms with Crippen molar-refractivity contribution in [2.24, 2.45) is 10.9 Å². The average molecular weight is 380 g/mol. The molecule has 6 nitrogen and oxygen atoms in total. The number of nitrogens with zero attached hydrogens (tertiary/aromatic N) is 2. The number of likely N-dealkylation sites (N-methyl/N-ethyl adjacent to an activating group) is 1. The van der Waals surface area contributed by atoms with Crippen molar-refractivity contribution in [1.82, 2.24) is 10.2 Å². The Bertz CT molecular complexity index is 558. The first-order valence-electron chi connectivity index (χ1n) is 9.90. The molecular formula is C21H37N3O3. The molecule has 0 aromatic heterocycles. The number of hydrogen-bond donors (Lipinski definition) is 2. The number of benzene rings is 1. The van der Waals surface area contributed by atoms with E-state index >= 15 is 0 Å². The number of guanidine groups is 1. The summed E-state index contributed by atoms with van der Waals surface area (Å²) in [5, 5.41) is 12.6. The molecule has 6 heteroatoms. The molecule has 0 aliphatic carbocycles. The number of rotatable bonds is 12. The maximum atomic E-state index is 9.24. The molecule has 1 unspecified atom stereocenters. The second kappa shape index (κ2) is 13.3. The fourth-order valence-corrected chi connectivity index (χ4v) is 3.04. The van der Waals surface area contributed by atoms with Crippen molar-refractivity contribution in [3.63, 3.8) is 0 Å². The molecule has 27 heavy (non-hydrogen) atoms. The first-order chi connectivity index (χ1) is 13.1. The van der Waals surface area contributed by atoms with Gasteiger partial charge in [0.05, 0.1) is 14.2 Å². The summed E-state index contributed by atoms with van der Waals surface area (Å²) in [7, 11) is 5.36. The van der Waals surface area contributed by atoms with E-state index in [-0.39, 0.29) is 6.61 Å². The molecule has 0 fully saturated rings. The molecular weight excluding hydrogens is 342 g/mol. The van der Waals surface area contributed by atoms with Crippen molar-refractivity contribution >= 4 is 5.96 Å². The molecule has 0 amide bonds. The number of nitrogens with one attached hydrogen (secondary N) is 1. The molecule has 0 aliphatic rings. The molecule has 2 N–H and O–H groups in total. The van der Waals surface area contributed by atoms with Crippen molar-refractivity contribution in [3.05, 3.63) is 23.8 Å². The molecule has 154 valence electrons. The Hall–Kier alpha value is -1.95. The minimum Gasteiger partial charge on any atom is -0.493 e. The zero-order chi connectivity index (χ0) is 20.1. The Kier molecular flexibility index (Phi) is 11.3. The highest BCUT2D eigenvalue weighted by molar-refractivity contribution is 5.79. The summed E-state index contributed by atoms with van der Waals surface area (Å²) in [6.45, 7) is 6.91. The highest BCUT2D eigenvalue weighted by Gasteiger charge is 2.11. The summed E-state index contributed by atoms with van der Waals surface area (Å²) in [4.78, 5) is 6.95. The van der Waals surface area contributed by atoms with Crippen molar-refractivity contribution in [2.75, 3.05) is 47.5 Å². The fourth-order valence-electron chi connectivity index (χ4n) is 3.04. The topological polar surface area (TPSA) is 66.3 Å². The highest BCUT2D eigenvalue weighted by atomic mass is 16.5. The monoisotopic (exact) mass is 379 g/mol. The van der Waals surface area contributed by atoms with E-state index in [1.807, 2.05) is 12.1 Å². The minimum absolute atomic E-state index is 0.228. The summed E-state index contributed by atoms with van der Waals surface area (Å²) in [6.07, 6.45) is 3.91. The van der Waals surface area contributed by atoms with Crippen LogP contribution >= 0.6 is 0 Å². The van der Waals surface area contributed by atoms with Crippen LogP contribution in [-0.4, -0.2) is 63.5 Å². The Morgan fingerprint density at radius 1 is 1.19 bits per heavy atom. The molecule has 0 radical (unpaired) electrons. The van der Waals surface area contributed by atoms with Crippen LogP contribution in [0.3, 0.4) is 0 Å². The largest absolute Gasteiger partial charge is 0.493 e. The van der Waals surface area contributed by atoms with Crippen LogP contribution in [0.2, 0.25) is 0 Å². The Morgan fingerprint density at radius 3 is 2.52 bits per heavy atom. The second-order valence-electron chi connectivity index (χ2n) is 6.72. The standard InChI is InChI=1S/C21H37N3O3/c1-6-8-18(12-14-25)16-23-21(22-7-2)24(3)13-11-17-9-10-19(26-4)20(15-17)27-5/h9-10,15,18,25H,6-8,11-14,16H2,1-5H3,(H,22,23). The quantitative estimate of drug-likeness (QED) is 0.432. The number of aliphatic imine (C=N–C) groups is 1. The molecule has 0 heterocycles. The first-order valence-corrected chi connectivity index (χ1v) is 9.90. The zero-order valence-electron chi connectivity index (χ0n) is 17.6. The predicted octanol–water partition coefficient (Wildman–Crippen LogP) is 2.94. The van der Waals surface area contributed by atoms with E-state index in [1.165, 1.54) is 5.56 Å². The van der Waals surface area contributed by atoms with E-state index in [9.17, 15) is 5.11 Å². The molecule has 0 spiro atoms. The van der Waals surface area contributed by atoms with Gasteiger partial charge >= 0.3 is 0 Å². The van der Waals surface area contributed by atoms with Gasteiger partial charge in [-0.3, -0.25) is 4.99 Å². The van der Waals surface area contributed by atoms with Crippen LogP contribution in [0.4, 0.5) is 0 Å². The van der Waals surface area contributed by atoms with Gasteiger partial charge in [0.25, 0.3) is 0 Å². The molecule has 1 aromatic carbocycles. The van der Waals surface area contributed by atoms with Crippen molar-refractivity contribution in [1.29, 1.82) is 0 Å². The van der Waals surface area contributed by atoms with E-state index in [0.717, 1.165) is 62.8 Å². The zero-order valence-corrected chi connectivity index (χ0v) is 17.6. The maximum absolute atomic E-state index is 9.24. The van der Waals surface area contributed by atoms with Gasteiger partial charge in [-0.05, 0) is 49.8 Å². The number of ether oxygens (including phenoxy) is 2. The number of hydrogen-bond acceptors (Lipinski definition) is 4. The smallest absolute Gasteiger partial charge is 0.193 e. The average Bonchev–Trinajstić information content (AvgIpc) is 2.69. The SMILES string of the molecule is CCCC(CCO)CN=C(NCC)N(C)CCc1ccc(OC)c(OC)c1. The molecule has 1 aromatic rings. The van der Waals surface area contributed by atoms with Gasteiger partial charge in [0.15, 0.2) is 17.5 Å². The molecule has 1 atom stereocenters. The van der Waals surface area contributed by atoms with Gasteiger partial charge in [-0.1, -0.05) is 19.4 Å². The van der Waals surface area contributed by atoms with Crippen LogP contribution in [0.25, 0.3) is 0 Å². The third-order valence-corrected chi connectivity index (χ3v) is 4.61. The van der Waals surface area contributed by atoms with Crippen LogP contribution in [-0.2, 0) is 6.42 Å². The van der Waals surface area contributed by atoms with Crippen molar-refractivity contribution in [3.8, 4) is 11.5 Å². The molecule has 0 saturated carbocycles. The molecule has 0 bridgehead atoms. The van der Waals surface area contributed by atoms with Gasteiger partial charge in [-0.25, -0.2) is 0 Å². The van der Waals surface area contributed by atoms with Crippen molar-refractivity contribution < 1.29 is 14.6 Å². The Morgan fingerprint density at radius 2 is 1.93 bits per heavy atom. The lowest BCUT2D eigenvalue weighted by atomic mass is 10.0. The molecule has 1 rings (SSSR count). The Labute approximate surface area is 164 Å². The third kappa shape index (κ3) is 8.08. The van der Waals surface area contributed by atoms with Crippen molar-refractivity contribution in [2.45, 2.75) is 39.5 Å². The number of methoxy groups -OCH3 is 2. The summed E-state index contributed by atoms with van der Waals surface area (Å²) in [6, 6.07) is 6.03. The third-order valence-electron chi connectivity index (χ3n) is 4.61. The minimum atomic E-state index is 0.228. The normalized spacial score (nSPS) is 12.6. The molecule has 0 saturated heterocycles. The summed E-state index contributed by atoms with van der Waals surface area (Å²) in [5.41, 5.74) is 1.19. The summed E-state index contributed by atoms with van der Waals surface area (Å²) >= 11 is 0. The van der Waals surface area contributed by atoms with Gasteiger partial charge in [0.1, 0.15) is 0 Å². The maximum Gasteiger partial charge on any atom is 0.193 e. The van der Waals surface area contributed by atoms with Gasteiger partial charge in [0, 0.05) is 33.3 Å². The highest BCUT2D eigenvalue weighted by Crippen LogP contribution is 2.27. The van der Waals surface area contributed by atoms with E-state index in [1.54, 1.807) is 14.2 Å². The van der Waals surface area contributed by atoms with Crippen LogP contribution in [0.1, 0.15) is 38.7 Å². The van der Waals surface area contributed by atoms with Gasteiger partial charge in [-0.15, -0.1) is 0 Å². The number of aliphatic hydroxyl groups is 1. The van der Waals surface area contributed by atoms with E-state index in [2.05, 4.69) is 37.2 Å². The lowest BCUT2D eigenvalue weighted by Crippen LogP contribution is -2.40. The number of aliphatic hydroxyl groups excluding tert-OH is 1. The predicted molar refractivity (Wildman–Crippen MR) is 112 cm³/mol. The van der Waals surface area contributed by atoms with Crippen LogP contribution in [0, 0.1) is 5.92 Å². The first kappa shape index (κ1) is 23.1. The van der Waals surface area contributed by atoms with E-state index < -0.39 is 0 Å². The van der Waals surface area contributed by atoms with E-state index in [0.29, 0.717) is 5.92 Å². The fraction of sp³-hybridized carbons (Fsp3) is 0.667. The summed E-state index contributed by atoms with van der Waals surface area (Å²) in [5.74, 6) is 2.85. The van der Waals surface area contributed by atoms with Crippen LogP contribution in [0.15, 0.2) is 23.2 Å². The van der Waals surface area contributed by atoms with Gasteiger partial charge in [0.2, 0.25) is 0 Å². The van der Waals surface area contributed by atoms with Crippen LogP contribution < -0.4 is 14.8 Å². The Balaban J connectivity index is 2.71. The van der Waals surface area contributed by atoms with Crippen LogP contribution in [0.5, 0.6) is 11.5 Å². The van der Waals surface area contributed by atoms with Gasteiger partial charge < -0.3 is 24.8 Å². The van der Waals surface area contributed by atoms with E-state index in [4.69, 9.17) is 14.5 Å². The lowest BCUT2D eigenvalue weighted by molar-refractivity contribution is 0.253. The lowest BCUT2D eigenvalue weighted by Gasteiger charge is -2.23. The molecule has 0 aliphatic heterocycles. The summed E-state index contributed by atoms with van der Waals surface area (Å²) < 4.78 is 10.7. The van der Waals surface area contributed by atoms with Gasteiger partial charge in [-0.2, -0.15) is 0 Å².